The Labute approximate surface area is 108 Å². The van der Waals surface area contributed by atoms with Crippen LogP contribution in [0.3, 0.4) is 0 Å². The molecule has 1 aromatic heterocycles. The van der Waals surface area contributed by atoms with Crippen LogP contribution in [0.1, 0.15) is 15.9 Å². The fourth-order valence-electron chi connectivity index (χ4n) is 1.87. The third kappa shape index (κ3) is 2.20. The van der Waals surface area contributed by atoms with E-state index in [-0.39, 0.29) is 11.6 Å². The maximum absolute atomic E-state index is 12.8. The molecule has 0 saturated heterocycles. The largest absolute Gasteiger partial charge is 0.289 e. The highest BCUT2D eigenvalue weighted by molar-refractivity contribution is 6.10. The predicted molar refractivity (Wildman–Crippen MR) is 69.4 cm³/mol. The summed E-state index contributed by atoms with van der Waals surface area (Å²) in [6, 6.07) is 10.6. The van der Waals surface area contributed by atoms with E-state index in [0.717, 1.165) is 5.52 Å². The van der Waals surface area contributed by atoms with Crippen LogP contribution in [0.15, 0.2) is 54.9 Å². The fraction of sp³-hybridized carbons (Fsp3) is 0. The minimum atomic E-state index is -0.360. The van der Waals surface area contributed by atoms with Gasteiger partial charge in [0.2, 0.25) is 0 Å². The highest BCUT2D eigenvalue weighted by Crippen LogP contribution is 2.15. The van der Waals surface area contributed by atoms with Gasteiger partial charge in [-0.15, -0.1) is 0 Å². The van der Waals surface area contributed by atoms with Crippen LogP contribution in [-0.2, 0) is 0 Å². The highest BCUT2D eigenvalue weighted by Gasteiger charge is 2.10. The van der Waals surface area contributed by atoms with Gasteiger partial charge in [-0.2, -0.15) is 0 Å². The topological polar surface area (TPSA) is 42.9 Å². The summed E-state index contributed by atoms with van der Waals surface area (Å²) in [5.74, 6) is -0.520. The zero-order valence-electron chi connectivity index (χ0n) is 9.88. The molecule has 1 heterocycles. The van der Waals surface area contributed by atoms with E-state index in [0.29, 0.717) is 16.6 Å². The summed E-state index contributed by atoms with van der Waals surface area (Å²) >= 11 is 0. The van der Waals surface area contributed by atoms with Crippen molar-refractivity contribution in [2.24, 2.45) is 0 Å². The van der Waals surface area contributed by atoms with E-state index in [1.165, 1.54) is 24.3 Å². The van der Waals surface area contributed by atoms with Crippen molar-refractivity contribution < 1.29 is 9.18 Å². The SMILES string of the molecule is O=C(c1ccc(F)cc1)c1ccc2nccnc2c1. The van der Waals surface area contributed by atoms with Gasteiger partial charge < -0.3 is 0 Å². The summed E-state index contributed by atoms with van der Waals surface area (Å²) in [7, 11) is 0. The standard InChI is InChI=1S/C15H9FN2O/c16-12-4-1-10(2-5-12)15(19)11-3-6-13-14(9-11)18-8-7-17-13/h1-9H. The van der Waals surface area contributed by atoms with Crippen LogP contribution in [0.2, 0.25) is 0 Å². The number of halogens is 1. The number of hydrogen-bond donors (Lipinski definition) is 0. The Morgan fingerprint density at radius 1 is 0.842 bits per heavy atom. The van der Waals surface area contributed by atoms with Gasteiger partial charge in [0.05, 0.1) is 11.0 Å². The third-order valence-electron chi connectivity index (χ3n) is 2.84. The van der Waals surface area contributed by atoms with E-state index < -0.39 is 0 Å². The predicted octanol–water partition coefficient (Wildman–Crippen LogP) is 3.00. The lowest BCUT2D eigenvalue weighted by Gasteiger charge is -2.02. The van der Waals surface area contributed by atoms with E-state index in [1.54, 1.807) is 30.6 Å². The number of nitrogens with zero attached hydrogens (tertiary/aromatic N) is 2. The molecule has 0 N–H and O–H groups in total. The number of aromatic nitrogens is 2. The molecule has 0 saturated carbocycles. The first-order valence-electron chi connectivity index (χ1n) is 5.75. The maximum Gasteiger partial charge on any atom is 0.193 e. The molecule has 3 nitrogen and oxygen atoms in total. The summed E-state index contributed by atoms with van der Waals surface area (Å²) in [4.78, 5) is 20.5. The molecule has 0 amide bonds. The Kier molecular flexibility index (Phi) is 2.76. The van der Waals surface area contributed by atoms with Crippen LogP contribution in [0.25, 0.3) is 11.0 Å². The molecule has 0 aliphatic carbocycles. The molecule has 0 aliphatic rings. The second kappa shape index (κ2) is 4.57. The van der Waals surface area contributed by atoms with Crippen molar-refractivity contribution in [3.63, 3.8) is 0 Å². The van der Waals surface area contributed by atoms with Crippen molar-refractivity contribution >= 4 is 16.8 Å². The van der Waals surface area contributed by atoms with E-state index in [1.807, 2.05) is 0 Å². The third-order valence-corrected chi connectivity index (χ3v) is 2.84. The molecule has 3 aromatic rings. The molecule has 92 valence electrons. The minimum Gasteiger partial charge on any atom is -0.289 e. The number of fused-ring (bicyclic) bond motifs is 1. The molecular formula is C15H9FN2O. The molecule has 0 fully saturated rings. The second-order valence-corrected chi connectivity index (χ2v) is 4.10. The Hall–Kier alpha value is -2.62. The minimum absolute atomic E-state index is 0.160. The van der Waals surface area contributed by atoms with E-state index in [4.69, 9.17) is 0 Å². The molecule has 3 rings (SSSR count). The lowest BCUT2D eigenvalue weighted by Crippen LogP contribution is -2.01. The van der Waals surface area contributed by atoms with Gasteiger partial charge >= 0.3 is 0 Å². The van der Waals surface area contributed by atoms with Crippen molar-refractivity contribution in [3.05, 3.63) is 71.8 Å². The van der Waals surface area contributed by atoms with Crippen LogP contribution in [-0.4, -0.2) is 15.8 Å². The lowest BCUT2D eigenvalue weighted by atomic mass is 10.0. The average molecular weight is 252 g/mol. The van der Waals surface area contributed by atoms with Crippen molar-refractivity contribution in [2.45, 2.75) is 0 Å². The summed E-state index contributed by atoms with van der Waals surface area (Å²) in [5, 5.41) is 0. The number of hydrogen-bond acceptors (Lipinski definition) is 3. The highest BCUT2D eigenvalue weighted by atomic mass is 19.1. The van der Waals surface area contributed by atoms with Gasteiger partial charge in [0.1, 0.15) is 5.82 Å². The molecule has 4 heteroatoms. The van der Waals surface area contributed by atoms with Gasteiger partial charge in [0.25, 0.3) is 0 Å². The Morgan fingerprint density at radius 2 is 1.47 bits per heavy atom. The Morgan fingerprint density at radius 3 is 2.21 bits per heavy atom. The summed E-state index contributed by atoms with van der Waals surface area (Å²) < 4.78 is 12.8. The van der Waals surface area contributed by atoms with Crippen LogP contribution < -0.4 is 0 Å². The quantitative estimate of drug-likeness (QED) is 0.658. The van der Waals surface area contributed by atoms with Gasteiger partial charge in [-0.3, -0.25) is 14.8 Å². The smallest absolute Gasteiger partial charge is 0.193 e. The maximum atomic E-state index is 12.8. The van der Waals surface area contributed by atoms with E-state index >= 15 is 0 Å². The first-order chi connectivity index (χ1) is 9.24. The van der Waals surface area contributed by atoms with Crippen molar-refractivity contribution in [1.29, 1.82) is 0 Å². The van der Waals surface area contributed by atoms with Crippen LogP contribution in [0, 0.1) is 5.82 Å². The monoisotopic (exact) mass is 252 g/mol. The summed E-state index contributed by atoms with van der Waals surface area (Å²) in [6.45, 7) is 0. The van der Waals surface area contributed by atoms with Crippen molar-refractivity contribution in [1.82, 2.24) is 9.97 Å². The molecular weight excluding hydrogens is 243 g/mol. The zero-order valence-corrected chi connectivity index (χ0v) is 9.88. The van der Waals surface area contributed by atoms with Crippen LogP contribution in [0.4, 0.5) is 4.39 Å². The molecule has 0 aliphatic heterocycles. The molecule has 0 spiro atoms. The fourth-order valence-corrected chi connectivity index (χ4v) is 1.87. The molecule has 0 atom stereocenters. The normalized spacial score (nSPS) is 10.6. The van der Waals surface area contributed by atoms with Gasteiger partial charge in [0.15, 0.2) is 5.78 Å². The zero-order chi connectivity index (χ0) is 13.2. The lowest BCUT2D eigenvalue weighted by molar-refractivity contribution is 0.103. The van der Waals surface area contributed by atoms with Crippen LogP contribution in [0.5, 0.6) is 0 Å². The first-order valence-corrected chi connectivity index (χ1v) is 5.75. The van der Waals surface area contributed by atoms with Gasteiger partial charge in [0, 0.05) is 23.5 Å². The Bertz CT molecular complexity index is 753. The summed E-state index contributed by atoms with van der Waals surface area (Å²) in [6.07, 6.45) is 3.18. The number of ketones is 1. The molecule has 0 bridgehead atoms. The summed E-state index contributed by atoms with van der Waals surface area (Å²) in [5.41, 5.74) is 2.36. The van der Waals surface area contributed by atoms with E-state index in [2.05, 4.69) is 9.97 Å². The number of benzene rings is 2. The number of carbonyl (C=O) groups excluding carboxylic acids is 1. The van der Waals surface area contributed by atoms with E-state index in [9.17, 15) is 9.18 Å². The van der Waals surface area contributed by atoms with Crippen molar-refractivity contribution in [2.75, 3.05) is 0 Å². The van der Waals surface area contributed by atoms with Gasteiger partial charge in [-0.1, -0.05) is 0 Å². The molecule has 0 radical (unpaired) electrons. The molecule has 0 unspecified atom stereocenters. The second-order valence-electron chi connectivity index (χ2n) is 4.10. The number of carbonyl (C=O) groups is 1. The number of rotatable bonds is 2. The Balaban J connectivity index is 2.04. The van der Waals surface area contributed by atoms with Crippen molar-refractivity contribution in [3.8, 4) is 0 Å². The first kappa shape index (κ1) is 11.5. The molecule has 19 heavy (non-hydrogen) atoms. The van der Waals surface area contributed by atoms with Gasteiger partial charge in [-0.05, 0) is 42.5 Å². The molecule has 2 aromatic carbocycles. The van der Waals surface area contributed by atoms with Crippen LogP contribution >= 0.6 is 0 Å². The average Bonchev–Trinajstić information content (AvgIpc) is 2.47. The van der Waals surface area contributed by atoms with Gasteiger partial charge in [-0.25, -0.2) is 4.39 Å².